The van der Waals surface area contributed by atoms with Gasteiger partial charge in [-0.2, -0.15) is 0 Å². The zero-order valence-electron chi connectivity index (χ0n) is 12.2. The van der Waals surface area contributed by atoms with E-state index in [0.717, 1.165) is 4.90 Å². The van der Waals surface area contributed by atoms with Crippen LogP contribution in [0.5, 0.6) is 0 Å². The van der Waals surface area contributed by atoms with Crippen molar-refractivity contribution in [3.05, 3.63) is 10.4 Å². The summed E-state index contributed by atoms with van der Waals surface area (Å²) >= 11 is 0. The van der Waals surface area contributed by atoms with Crippen LogP contribution in [0, 0.1) is 5.92 Å². The number of hydrogen-bond acceptors (Lipinski definition) is 4. The number of nitrogens with zero attached hydrogens (tertiary/aromatic N) is 4. The van der Waals surface area contributed by atoms with Crippen molar-refractivity contribution >= 4 is 12.0 Å². The Morgan fingerprint density at radius 1 is 1.55 bits per heavy atom. The van der Waals surface area contributed by atoms with Gasteiger partial charge in [0.2, 0.25) is 11.8 Å². The molecule has 2 atom stereocenters. The number of azide groups is 1. The number of cyclic esters (lactones) is 1. The number of imide groups is 1. The third kappa shape index (κ3) is 3.30. The predicted molar refractivity (Wildman–Crippen MR) is 72.1 cm³/mol. The van der Waals surface area contributed by atoms with E-state index in [1.807, 2.05) is 0 Å². The SMILES string of the molecule is CC[C@H]1COC(=O)N1C(=O)[C@@H](N=[N+]=[N-])C1CCC(F)(F)CC1. The van der Waals surface area contributed by atoms with Crippen LogP contribution in [0.1, 0.15) is 39.0 Å². The monoisotopic (exact) mass is 316 g/mol. The van der Waals surface area contributed by atoms with Gasteiger partial charge in [0.25, 0.3) is 0 Å². The van der Waals surface area contributed by atoms with Gasteiger partial charge in [0.05, 0.1) is 6.04 Å². The van der Waals surface area contributed by atoms with Crippen LogP contribution in [-0.4, -0.2) is 41.5 Å². The van der Waals surface area contributed by atoms with E-state index in [9.17, 15) is 18.4 Å². The Bertz CT molecular complexity index is 498. The molecule has 2 fully saturated rings. The first-order valence-corrected chi connectivity index (χ1v) is 7.31. The molecule has 0 aromatic carbocycles. The summed E-state index contributed by atoms with van der Waals surface area (Å²) in [6, 6.07) is -1.54. The summed E-state index contributed by atoms with van der Waals surface area (Å²) in [4.78, 5) is 27.9. The van der Waals surface area contributed by atoms with Crippen molar-refractivity contribution in [3.63, 3.8) is 0 Å². The zero-order chi connectivity index (χ0) is 16.3. The number of carbonyl (C=O) groups is 2. The Kier molecular flexibility index (Phi) is 4.85. The number of alkyl halides is 2. The number of rotatable bonds is 4. The lowest BCUT2D eigenvalue weighted by Gasteiger charge is -2.32. The Morgan fingerprint density at radius 2 is 2.18 bits per heavy atom. The summed E-state index contributed by atoms with van der Waals surface area (Å²) in [6.45, 7) is 1.91. The highest BCUT2D eigenvalue weighted by Crippen LogP contribution is 2.39. The van der Waals surface area contributed by atoms with E-state index < -0.39 is 35.9 Å². The van der Waals surface area contributed by atoms with Gasteiger partial charge in [-0.15, -0.1) is 0 Å². The third-order valence-electron chi connectivity index (χ3n) is 4.31. The molecule has 1 saturated heterocycles. The van der Waals surface area contributed by atoms with E-state index in [1.54, 1.807) is 6.92 Å². The summed E-state index contributed by atoms with van der Waals surface area (Å²) < 4.78 is 31.3. The second-order valence-electron chi connectivity index (χ2n) is 5.69. The van der Waals surface area contributed by atoms with Crippen LogP contribution < -0.4 is 0 Å². The molecular weight excluding hydrogens is 298 g/mol. The fourth-order valence-corrected chi connectivity index (χ4v) is 2.95. The number of hydrogen-bond donors (Lipinski definition) is 0. The van der Waals surface area contributed by atoms with E-state index >= 15 is 0 Å². The van der Waals surface area contributed by atoms with Crippen LogP contribution in [-0.2, 0) is 9.53 Å². The van der Waals surface area contributed by atoms with Crippen LogP contribution in [0.15, 0.2) is 5.11 Å². The predicted octanol–water partition coefficient (Wildman–Crippen LogP) is 3.25. The molecule has 0 radical (unpaired) electrons. The van der Waals surface area contributed by atoms with Crippen molar-refractivity contribution in [3.8, 4) is 0 Å². The van der Waals surface area contributed by atoms with Crippen LogP contribution >= 0.6 is 0 Å². The maximum absolute atomic E-state index is 13.2. The number of carbonyl (C=O) groups excluding carboxylic acids is 2. The lowest BCUT2D eigenvalue weighted by Crippen LogP contribution is -2.47. The molecule has 0 N–H and O–H groups in total. The molecule has 1 aliphatic carbocycles. The highest BCUT2D eigenvalue weighted by molar-refractivity contribution is 5.96. The summed E-state index contributed by atoms with van der Waals surface area (Å²) in [5.41, 5.74) is 8.67. The lowest BCUT2D eigenvalue weighted by molar-refractivity contribution is -0.133. The van der Waals surface area contributed by atoms with Gasteiger partial charge in [0.1, 0.15) is 12.6 Å². The van der Waals surface area contributed by atoms with Crippen LogP contribution in [0.4, 0.5) is 13.6 Å². The number of amides is 2. The van der Waals surface area contributed by atoms with Gasteiger partial charge in [-0.25, -0.2) is 18.5 Å². The van der Waals surface area contributed by atoms with Crippen LogP contribution in [0.25, 0.3) is 10.4 Å². The van der Waals surface area contributed by atoms with Gasteiger partial charge in [-0.3, -0.25) is 4.79 Å². The van der Waals surface area contributed by atoms with Crippen molar-refractivity contribution in [2.24, 2.45) is 11.0 Å². The summed E-state index contributed by atoms with van der Waals surface area (Å²) in [5.74, 6) is -3.87. The molecule has 9 heteroatoms. The number of ether oxygens (including phenoxy) is 1. The van der Waals surface area contributed by atoms with Gasteiger partial charge >= 0.3 is 6.09 Å². The molecule has 0 unspecified atom stereocenters. The first-order chi connectivity index (χ1) is 10.4. The fourth-order valence-electron chi connectivity index (χ4n) is 2.95. The van der Waals surface area contributed by atoms with Gasteiger partial charge in [0, 0.05) is 17.8 Å². The molecule has 1 heterocycles. The summed E-state index contributed by atoms with van der Waals surface area (Å²) in [5, 5.41) is 3.48. The minimum Gasteiger partial charge on any atom is -0.447 e. The van der Waals surface area contributed by atoms with E-state index in [0.29, 0.717) is 6.42 Å². The second kappa shape index (κ2) is 6.48. The molecule has 1 aliphatic heterocycles. The van der Waals surface area contributed by atoms with Gasteiger partial charge in [-0.1, -0.05) is 12.0 Å². The van der Waals surface area contributed by atoms with E-state index in [4.69, 9.17) is 10.3 Å². The Labute approximate surface area is 126 Å². The van der Waals surface area contributed by atoms with Crippen molar-refractivity contribution < 1.29 is 23.1 Å². The maximum atomic E-state index is 13.2. The molecule has 0 spiro atoms. The molecule has 1 saturated carbocycles. The summed E-state index contributed by atoms with van der Waals surface area (Å²) in [7, 11) is 0. The first kappa shape index (κ1) is 16.5. The second-order valence-corrected chi connectivity index (χ2v) is 5.69. The first-order valence-electron chi connectivity index (χ1n) is 7.31. The molecule has 0 aromatic heterocycles. The van der Waals surface area contributed by atoms with Crippen LogP contribution in [0.2, 0.25) is 0 Å². The Balaban J connectivity index is 2.15. The highest BCUT2D eigenvalue weighted by atomic mass is 19.3. The summed E-state index contributed by atoms with van der Waals surface area (Å²) in [6.07, 6.45) is -0.766. The molecule has 2 aliphatic rings. The molecule has 0 bridgehead atoms. The normalized spacial score (nSPS) is 26.2. The molecule has 2 rings (SSSR count). The van der Waals surface area contributed by atoms with E-state index in [2.05, 4.69) is 10.0 Å². The molecule has 0 aromatic rings. The van der Waals surface area contributed by atoms with Gasteiger partial charge in [-0.05, 0) is 30.7 Å². The molecule has 22 heavy (non-hydrogen) atoms. The smallest absolute Gasteiger partial charge is 0.416 e. The maximum Gasteiger partial charge on any atom is 0.416 e. The minimum atomic E-state index is -2.74. The zero-order valence-corrected chi connectivity index (χ0v) is 12.2. The average molecular weight is 316 g/mol. The van der Waals surface area contributed by atoms with Gasteiger partial charge < -0.3 is 4.74 Å². The number of halogens is 2. The highest BCUT2D eigenvalue weighted by Gasteiger charge is 2.44. The lowest BCUT2D eigenvalue weighted by atomic mass is 9.81. The standard InChI is InChI=1S/C13H18F2N4O3/c1-2-9-7-22-12(21)19(9)11(20)10(17-18-16)8-3-5-13(14,15)6-4-8/h8-10H,2-7H2,1H3/t9-,10-/m0/s1. The van der Waals surface area contributed by atoms with Gasteiger partial charge in [0.15, 0.2) is 0 Å². The Hall–Kier alpha value is -1.89. The van der Waals surface area contributed by atoms with Crippen molar-refractivity contribution in [1.82, 2.24) is 4.90 Å². The fraction of sp³-hybridized carbons (Fsp3) is 0.846. The topological polar surface area (TPSA) is 95.4 Å². The average Bonchev–Trinajstić information content (AvgIpc) is 2.85. The quantitative estimate of drug-likeness (QED) is 0.452. The van der Waals surface area contributed by atoms with E-state index in [1.165, 1.54) is 0 Å². The Morgan fingerprint density at radius 3 is 2.73 bits per heavy atom. The van der Waals surface area contributed by atoms with E-state index in [-0.39, 0.29) is 32.3 Å². The largest absolute Gasteiger partial charge is 0.447 e. The van der Waals surface area contributed by atoms with Crippen molar-refractivity contribution in [2.75, 3.05) is 6.61 Å². The van der Waals surface area contributed by atoms with Crippen molar-refractivity contribution in [2.45, 2.75) is 57.0 Å². The minimum absolute atomic E-state index is 0.0854. The third-order valence-corrected chi connectivity index (χ3v) is 4.31. The van der Waals surface area contributed by atoms with Crippen LogP contribution in [0.3, 0.4) is 0 Å². The molecule has 7 nitrogen and oxygen atoms in total. The van der Waals surface area contributed by atoms with Crippen molar-refractivity contribution in [1.29, 1.82) is 0 Å². The molecule has 2 amide bonds. The molecule has 122 valence electrons. The molecular formula is C13H18F2N4O3.